The van der Waals surface area contributed by atoms with E-state index in [4.69, 9.17) is 45.2 Å². The highest BCUT2D eigenvalue weighted by Gasteiger charge is 2.45. The minimum atomic E-state index is -1.80. The molecule has 11 amide bonds. The quantitative estimate of drug-likeness (QED) is 0.0154. The maximum Gasteiger partial charge on any atom is 0.322 e. The number of likely N-dealkylation sites (tertiary alicyclic amines) is 2. The predicted octanol–water partition coefficient (Wildman–Crippen LogP) is -6.93. The monoisotopic (exact) mass is 1340 g/mol. The summed E-state index contributed by atoms with van der Waals surface area (Å²) >= 11 is 0. The summed E-state index contributed by atoms with van der Waals surface area (Å²) in [5, 5.41) is 53.1. The molecule has 0 aromatic carbocycles. The Morgan fingerprint density at radius 1 is 0.500 bits per heavy atom. The van der Waals surface area contributed by atoms with Gasteiger partial charge in [0, 0.05) is 32.7 Å². The van der Waals surface area contributed by atoms with Gasteiger partial charge in [0.25, 0.3) is 0 Å². The highest BCUT2D eigenvalue weighted by atomic mass is 16.4. The van der Waals surface area contributed by atoms with Crippen molar-refractivity contribution < 1.29 is 72.9 Å². The Hall–Kier alpha value is -8.67. The van der Waals surface area contributed by atoms with Gasteiger partial charge >= 0.3 is 5.97 Å². The lowest BCUT2D eigenvalue weighted by Crippen LogP contribution is -2.63. The summed E-state index contributed by atoms with van der Waals surface area (Å²) in [7, 11) is 0. The van der Waals surface area contributed by atoms with E-state index in [2.05, 4.69) is 62.8 Å². The molecule has 2 rings (SSSR count). The summed E-state index contributed by atoms with van der Waals surface area (Å²) < 4.78 is 0. The first-order chi connectivity index (χ1) is 44.0. The van der Waals surface area contributed by atoms with E-state index < -0.39 is 168 Å². The van der Waals surface area contributed by atoms with Crippen LogP contribution in [-0.2, 0) is 57.5 Å². The fraction of sp³-hybridized carbons (Fsp3) is 0.741. The second-order valence-electron chi connectivity index (χ2n) is 24.5. The van der Waals surface area contributed by atoms with Crippen LogP contribution in [0.4, 0.5) is 0 Å². The number of aliphatic hydroxyl groups is 2. The first-order valence-corrected chi connectivity index (χ1v) is 31.8. The molecule has 2 aliphatic heterocycles. The van der Waals surface area contributed by atoms with Crippen molar-refractivity contribution in [2.24, 2.45) is 72.9 Å². The molecule has 0 unspecified atom stereocenters. The SMILES string of the molecule is CC[C@H](C)[C@H](NC(=O)[C@@H]1CCCN1C(=O)[C@@H]1CCCN1C(=O)[C@H](CCCN=C(N)N)NC(=O)[C@H](CCCN=C(N)N)NC(=O)[C@@H](N)CCCN=C(N)N)C(=O)N[C@@H](C)C(=O)N[C@H](C(=O)N[C@H](C(=O)N[C@H](C(=O)N[C@@H](CC(C)C)C(=O)NCC(=O)O)C(C)C)[C@@H](C)O)[C@@H](C)O. The topological polar surface area (TPSA) is 599 Å². The van der Waals surface area contributed by atoms with E-state index >= 15 is 0 Å². The van der Waals surface area contributed by atoms with Crippen molar-refractivity contribution in [1.29, 1.82) is 0 Å². The Kier molecular flexibility index (Phi) is 35.0. The third kappa shape index (κ3) is 27.5. The lowest BCUT2D eigenvalue weighted by molar-refractivity contribution is -0.148. The van der Waals surface area contributed by atoms with E-state index in [1.54, 1.807) is 41.5 Å². The number of rotatable bonds is 40. The van der Waals surface area contributed by atoms with Gasteiger partial charge in [-0.25, -0.2) is 0 Å². The molecule has 0 spiro atoms. The van der Waals surface area contributed by atoms with Crippen LogP contribution in [0.25, 0.3) is 0 Å². The number of hydrogen-bond donors (Lipinski definition) is 19. The van der Waals surface area contributed by atoms with Gasteiger partial charge in [-0.15, -0.1) is 0 Å². The largest absolute Gasteiger partial charge is 0.480 e. The molecule has 2 saturated heterocycles. The van der Waals surface area contributed by atoms with Crippen LogP contribution in [-0.4, -0.2) is 232 Å². The minimum absolute atomic E-state index is 0.0109. The smallest absolute Gasteiger partial charge is 0.322 e. The van der Waals surface area contributed by atoms with Crippen molar-refractivity contribution >= 4 is 88.8 Å². The third-order valence-corrected chi connectivity index (χ3v) is 15.8. The minimum Gasteiger partial charge on any atom is -0.480 e. The van der Waals surface area contributed by atoms with Gasteiger partial charge < -0.3 is 113 Å². The summed E-state index contributed by atoms with van der Waals surface area (Å²) in [6.45, 7) is 13.5. The molecular formula is C58H105N21O15. The molecule has 2 fully saturated rings. The molecule has 0 aromatic rings. The molecule has 2 aliphatic rings. The fourth-order valence-corrected chi connectivity index (χ4v) is 10.4. The van der Waals surface area contributed by atoms with Crippen LogP contribution in [0.15, 0.2) is 15.0 Å². The van der Waals surface area contributed by atoms with Crippen LogP contribution >= 0.6 is 0 Å². The molecule has 36 heteroatoms. The molecule has 94 heavy (non-hydrogen) atoms. The van der Waals surface area contributed by atoms with Gasteiger partial charge in [0.2, 0.25) is 65.0 Å². The number of aliphatic carboxylic acids is 1. The van der Waals surface area contributed by atoms with Crippen molar-refractivity contribution in [3.8, 4) is 0 Å². The van der Waals surface area contributed by atoms with Gasteiger partial charge in [-0.05, 0) is 109 Å². The molecule has 0 aliphatic carbocycles. The van der Waals surface area contributed by atoms with E-state index in [0.717, 1.165) is 13.8 Å². The van der Waals surface area contributed by atoms with Crippen LogP contribution in [0, 0.1) is 17.8 Å². The first kappa shape index (κ1) is 81.4. The van der Waals surface area contributed by atoms with E-state index in [0.29, 0.717) is 25.7 Å². The van der Waals surface area contributed by atoms with Gasteiger partial charge in [-0.3, -0.25) is 72.5 Å². The van der Waals surface area contributed by atoms with Gasteiger partial charge in [0.05, 0.1) is 18.2 Å². The summed E-state index contributed by atoms with van der Waals surface area (Å²) in [6.07, 6.45) is -0.777. The standard InChI is InChI=1S/C58H105N21O15/c1-10-30(6)42(51(90)70-31(7)45(84)76-43(32(8)80)53(92)77-44(33(9)81)52(91)74-41(29(4)5)50(89)73-37(26-28(2)3)47(86)69-27-40(82)83)75-49(88)38-19-14-24-78(38)55(94)39-20-15-25-79(39)54(93)36(18-13-23-68-58(64)65)72-48(87)35(17-12-22-67-57(62)63)71-46(85)34(59)16-11-21-66-56(60)61/h28-39,41-44,80-81H,10-27,59H2,1-9H3,(H,69,86)(H,70,90)(H,71,85)(H,72,87)(H,73,89)(H,74,91)(H,75,88)(H,76,84)(H,77,92)(H,82,83)(H4,60,61,66)(H4,62,63,67)(H4,64,65,68)/t30-,31-,32+,33+,34-,35-,36-,37-,38-,39-,41-,42-,43-,44-/m0/s1. The number of aliphatic imine (C=N–C) groups is 3. The number of carbonyl (C=O) groups excluding carboxylic acids is 11. The van der Waals surface area contributed by atoms with Crippen molar-refractivity contribution in [2.45, 2.75) is 218 Å². The molecule has 26 N–H and O–H groups in total. The number of hydrogen-bond acceptors (Lipinski definition) is 18. The van der Waals surface area contributed by atoms with E-state index in [1.807, 2.05) is 0 Å². The number of nitrogens with one attached hydrogen (secondary N) is 9. The lowest BCUT2D eigenvalue weighted by atomic mass is 9.97. The third-order valence-electron chi connectivity index (χ3n) is 15.8. The van der Waals surface area contributed by atoms with Crippen LogP contribution in [0.5, 0.6) is 0 Å². The first-order valence-electron chi connectivity index (χ1n) is 31.8. The zero-order valence-electron chi connectivity index (χ0n) is 55.5. The predicted molar refractivity (Wildman–Crippen MR) is 346 cm³/mol. The number of amides is 11. The van der Waals surface area contributed by atoms with Gasteiger partial charge in [0.15, 0.2) is 17.9 Å². The van der Waals surface area contributed by atoms with E-state index in [1.165, 1.54) is 16.7 Å². The Morgan fingerprint density at radius 3 is 1.44 bits per heavy atom. The molecule has 0 bridgehead atoms. The number of guanidine groups is 3. The van der Waals surface area contributed by atoms with Crippen molar-refractivity contribution in [2.75, 3.05) is 39.3 Å². The summed E-state index contributed by atoms with van der Waals surface area (Å²) in [6, 6.07) is -14.6. The number of nitrogens with two attached hydrogens (primary N) is 7. The van der Waals surface area contributed by atoms with Crippen molar-refractivity contribution in [3.05, 3.63) is 0 Å². The van der Waals surface area contributed by atoms with Crippen LogP contribution in [0.3, 0.4) is 0 Å². The highest BCUT2D eigenvalue weighted by molar-refractivity contribution is 6.00. The zero-order valence-corrected chi connectivity index (χ0v) is 55.5. The van der Waals surface area contributed by atoms with Crippen LogP contribution in [0.2, 0.25) is 0 Å². The maximum absolute atomic E-state index is 14.7. The Labute approximate surface area is 547 Å². The molecule has 0 aromatic heterocycles. The Bertz CT molecular complexity index is 2680. The summed E-state index contributed by atoms with van der Waals surface area (Å²) in [5.74, 6) is -12.2. The van der Waals surface area contributed by atoms with Crippen LogP contribution < -0.4 is 88.0 Å². The number of carboxylic acid groups (broad SMARTS) is 1. The number of carbonyl (C=O) groups is 12. The van der Waals surface area contributed by atoms with Crippen molar-refractivity contribution in [1.82, 2.24) is 57.7 Å². The molecule has 0 radical (unpaired) electrons. The normalized spacial score (nSPS) is 18.3. The second-order valence-corrected chi connectivity index (χ2v) is 24.5. The fourth-order valence-electron chi connectivity index (χ4n) is 10.4. The molecule has 14 atom stereocenters. The Morgan fingerprint density at radius 2 is 0.947 bits per heavy atom. The average molecular weight is 1340 g/mol. The molecule has 2 heterocycles. The number of carboxylic acids is 1. The van der Waals surface area contributed by atoms with Crippen LogP contribution in [0.1, 0.15) is 139 Å². The van der Waals surface area contributed by atoms with Gasteiger partial charge in [0.1, 0.15) is 67.0 Å². The summed E-state index contributed by atoms with van der Waals surface area (Å²) in [4.78, 5) is 179. The maximum atomic E-state index is 14.7. The zero-order chi connectivity index (χ0) is 71.3. The molecule has 0 saturated carbocycles. The molecular weight excluding hydrogens is 1230 g/mol. The van der Waals surface area contributed by atoms with E-state index in [-0.39, 0.29) is 108 Å². The van der Waals surface area contributed by atoms with Crippen molar-refractivity contribution in [3.63, 3.8) is 0 Å². The van der Waals surface area contributed by atoms with Gasteiger partial charge in [-0.1, -0.05) is 48.0 Å². The molecule has 36 nitrogen and oxygen atoms in total. The van der Waals surface area contributed by atoms with E-state index in [9.17, 15) is 67.7 Å². The highest BCUT2D eigenvalue weighted by Crippen LogP contribution is 2.27. The number of nitrogens with zero attached hydrogens (tertiary/aromatic N) is 5. The lowest BCUT2D eigenvalue weighted by Gasteiger charge is -2.34. The average Bonchev–Trinajstić information content (AvgIpc) is 1.62. The summed E-state index contributed by atoms with van der Waals surface area (Å²) in [5.41, 5.74) is 39.1. The number of aliphatic hydroxyl groups excluding tert-OH is 2. The Balaban J connectivity index is 2.31. The molecule has 532 valence electrons. The van der Waals surface area contributed by atoms with Gasteiger partial charge in [-0.2, -0.15) is 0 Å². The second kappa shape index (κ2) is 40.4.